The van der Waals surface area contributed by atoms with Gasteiger partial charge in [0.15, 0.2) is 0 Å². The summed E-state index contributed by atoms with van der Waals surface area (Å²) >= 11 is 0. The molecule has 0 saturated carbocycles. The zero-order valence-corrected chi connectivity index (χ0v) is 12.0. The lowest BCUT2D eigenvalue weighted by Gasteiger charge is -2.13. The van der Waals surface area contributed by atoms with E-state index in [9.17, 15) is 5.11 Å². The van der Waals surface area contributed by atoms with Gasteiger partial charge in [0.05, 0.1) is 0 Å². The minimum absolute atomic E-state index is 0.337. The second kappa shape index (κ2) is 5.71. The highest BCUT2D eigenvalue weighted by Crippen LogP contribution is 2.29. The summed E-state index contributed by atoms with van der Waals surface area (Å²) in [6.07, 6.45) is 9.52. The molecule has 0 aliphatic heterocycles. The van der Waals surface area contributed by atoms with E-state index in [0.717, 1.165) is 12.1 Å². The number of phenols is 1. The van der Waals surface area contributed by atoms with Gasteiger partial charge in [0.25, 0.3) is 0 Å². The van der Waals surface area contributed by atoms with Gasteiger partial charge >= 0.3 is 0 Å². The molecule has 3 rings (SSSR count). The van der Waals surface area contributed by atoms with Crippen LogP contribution in [0.25, 0.3) is 0 Å². The van der Waals surface area contributed by atoms with E-state index < -0.39 is 0 Å². The molecule has 1 aliphatic rings. The standard InChI is InChI=1S/C17H22N2O/c1-18-17-8-3-2-6-14-11-19(12-16(14)17)10-13-5-4-7-15(20)9-13/h4-5,7,9,11-12,17-18,20H,2-3,6,8,10H2,1H3. The monoisotopic (exact) mass is 270 g/mol. The van der Waals surface area contributed by atoms with E-state index >= 15 is 0 Å². The summed E-state index contributed by atoms with van der Waals surface area (Å²) in [5.41, 5.74) is 4.06. The zero-order chi connectivity index (χ0) is 13.9. The molecule has 1 heterocycles. The molecule has 1 atom stereocenters. The van der Waals surface area contributed by atoms with Crippen molar-refractivity contribution in [3.8, 4) is 5.75 Å². The van der Waals surface area contributed by atoms with E-state index in [4.69, 9.17) is 0 Å². The van der Waals surface area contributed by atoms with Crippen LogP contribution in [0.2, 0.25) is 0 Å². The molecule has 2 aromatic rings. The molecule has 0 bridgehead atoms. The maximum absolute atomic E-state index is 9.55. The first-order chi connectivity index (χ1) is 9.76. The molecule has 1 aromatic carbocycles. The number of nitrogens with one attached hydrogen (secondary N) is 1. The molecular formula is C17H22N2O. The highest BCUT2D eigenvalue weighted by molar-refractivity contribution is 5.31. The van der Waals surface area contributed by atoms with Gasteiger partial charge in [0.2, 0.25) is 0 Å². The number of aryl methyl sites for hydroxylation is 1. The van der Waals surface area contributed by atoms with Gasteiger partial charge in [-0.1, -0.05) is 18.6 Å². The first-order valence-electron chi connectivity index (χ1n) is 7.40. The summed E-state index contributed by atoms with van der Waals surface area (Å²) in [4.78, 5) is 0. The van der Waals surface area contributed by atoms with Gasteiger partial charge in [0.1, 0.15) is 5.75 Å². The molecule has 1 aromatic heterocycles. The lowest BCUT2D eigenvalue weighted by molar-refractivity contribution is 0.474. The Hall–Kier alpha value is -1.74. The Morgan fingerprint density at radius 2 is 2.20 bits per heavy atom. The number of fused-ring (bicyclic) bond motifs is 1. The fourth-order valence-corrected chi connectivity index (χ4v) is 3.17. The Morgan fingerprint density at radius 1 is 1.30 bits per heavy atom. The largest absolute Gasteiger partial charge is 0.508 e. The third-order valence-corrected chi connectivity index (χ3v) is 4.19. The van der Waals surface area contributed by atoms with Crippen LogP contribution < -0.4 is 5.32 Å². The van der Waals surface area contributed by atoms with Crippen LogP contribution >= 0.6 is 0 Å². The van der Waals surface area contributed by atoms with Crippen molar-refractivity contribution in [1.82, 2.24) is 9.88 Å². The van der Waals surface area contributed by atoms with Crippen molar-refractivity contribution in [3.63, 3.8) is 0 Å². The third-order valence-electron chi connectivity index (χ3n) is 4.19. The summed E-state index contributed by atoms with van der Waals surface area (Å²) in [6, 6.07) is 7.99. The molecule has 0 radical (unpaired) electrons. The second-order valence-electron chi connectivity index (χ2n) is 5.67. The van der Waals surface area contributed by atoms with Crippen molar-refractivity contribution in [1.29, 1.82) is 0 Å². The Labute approximate surface area is 120 Å². The molecular weight excluding hydrogens is 248 g/mol. The first kappa shape index (κ1) is 13.3. The molecule has 0 amide bonds. The molecule has 0 fully saturated rings. The number of rotatable bonds is 3. The van der Waals surface area contributed by atoms with Crippen LogP contribution in [0.15, 0.2) is 36.7 Å². The van der Waals surface area contributed by atoms with Gasteiger partial charge in [-0.25, -0.2) is 0 Å². The van der Waals surface area contributed by atoms with Crippen molar-refractivity contribution >= 4 is 0 Å². The molecule has 3 heteroatoms. The highest BCUT2D eigenvalue weighted by atomic mass is 16.3. The average molecular weight is 270 g/mol. The van der Waals surface area contributed by atoms with Gasteiger partial charge in [-0.3, -0.25) is 0 Å². The molecule has 1 aliphatic carbocycles. The maximum atomic E-state index is 9.55. The maximum Gasteiger partial charge on any atom is 0.115 e. The number of hydrogen-bond donors (Lipinski definition) is 2. The minimum Gasteiger partial charge on any atom is -0.508 e. The van der Waals surface area contributed by atoms with E-state index in [1.807, 2.05) is 19.2 Å². The molecule has 2 N–H and O–H groups in total. The fourth-order valence-electron chi connectivity index (χ4n) is 3.17. The van der Waals surface area contributed by atoms with Crippen molar-refractivity contribution in [2.45, 2.75) is 38.3 Å². The Kier molecular flexibility index (Phi) is 3.79. The number of phenolic OH excluding ortho intramolecular Hbond substituents is 1. The van der Waals surface area contributed by atoms with Crippen LogP contribution in [-0.2, 0) is 13.0 Å². The van der Waals surface area contributed by atoms with Crippen molar-refractivity contribution < 1.29 is 5.11 Å². The highest BCUT2D eigenvalue weighted by Gasteiger charge is 2.19. The van der Waals surface area contributed by atoms with Crippen molar-refractivity contribution in [2.75, 3.05) is 7.05 Å². The van der Waals surface area contributed by atoms with Crippen molar-refractivity contribution in [2.24, 2.45) is 0 Å². The lowest BCUT2D eigenvalue weighted by atomic mass is 10.1. The Balaban J connectivity index is 1.85. The van der Waals surface area contributed by atoms with E-state index in [0.29, 0.717) is 11.8 Å². The van der Waals surface area contributed by atoms with Crippen LogP contribution in [0, 0.1) is 0 Å². The normalized spacial score (nSPS) is 18.6. The molecule has 0 spiro atoms. The quantitative estimate of drug-likeness (QED) is 0.840. The van der Waals surface area contributed by atoms with E-state index in [2.05, 4.69) is 28.3 Å². The lowest BCUT2D eigenvalue weighted by Crippen LogP contribution is -2.15. The fraction of sp³-hybridized carbons (Fsp3) is 0.412. The molecule has 106 valence electrons. The van der Waals surface area contributed by atoms with Gasteiger partial charge in [-0.15, -0.1) is 0 Å². The predicted octanol–water partition coefficient (Wildman–Crippen LogP) is 3.23. The van der Waals surface area contributed by atoms with E-state index in [1.54, 1.807) is 6.07 Å². The number of nitrogens with zero attached hydrogens (tertiary/aromatic N) is 1. The van der Waals surface area contributed by atoms with Crippen LogP contribution in [0.5, 0.6) is 5.75 Å². The predicted molar refractivity (Wildman–Crippen MR) is 81.0 cm³/mol. The number of hydrogen-bond acceptors (Lipinski definition) is 2. The van der Waals surface area contributed by atoms with Crippen LogP contribution in [0.4, 0.5) is 0 Å². The summed E-state index contributed by atoms with van der Waals surface area (Å²) in [5, 5.41) is 13.0. The van der Waals surface area contributed by atoms with E-state index in [1.165, 1.54) is 36.8 Å². The van der Waals surface area contributed by atoms with Gasteiger partial charge < -0.3 is 15.0 Å². The van der Waals surface area contributed by atoms with Crippen LogP contribution in [0.1, 0.15) is 42.0 Å². The van der Waals surface area contributed by atoms with Gasteiger partial charge in [-0.05, 0) is 55.1 Å². The zero-order valence-electron chi connectivity index (χ0n) is 12.0. The van der Waals surface area contributed by atoms with E-state index in [-0.39, 0.29) is 0 Å². The Morgan fingerprint density at radius 3 is 3.00 bits per heavy atom. The third kappa shape index (κ3) is 2.73. The minimum atomic E-state index is 0.337. The Bertz CT molecular complexity index is 588. The second-order valence-corrected chi connectivity index (χ2v) is 5.67. The van der Waals surface area contributed by atoms with Gasteiger partial charge in [-0.2, -0.15) is 0 Å². The summed E-state index contributed by atoms with van der Waals surface area (Å²) in [6.45, 7) is 0.817. The van der Waals surface area contributed by atoms with Crippen molar-refractivity contribution in [3.05, 3.63) is 53.3 Å². The number of benzene rings is 1. The summed E-state index contributed by atoms with van der Waals surface area (Å²) in [7, 11) is 2.05. The summed E-state index contributed by atoms with van der Waals surface area (Å²) in [5.74, 6) is 0.337. The molecule has 3 nitrogen and oxygen atoms in total. The SMILES string of the molecule is CNC1CCCCc2cn(Cc3cccc(O)c3)cc21. The smallest absolute Gasteiger partial charge is 0.115 e. The van der Waals surface area contributed by atoms with Crippen LogP contribution in [0.3, 0.4) is 0 Å². The molecule has 1 unspecified atom stereocenters. The molecule has 20 heavy (non-hydrogen) atoms. The topological polar surface area (TPSA) is 37.2 Å². The van der Waals surface area contributed by atoms with Gasteiger partial charge in [0, 0.05) is 25.0 Å². The average Bonchev–Trinajstić information content (AvgIpc) is 2.72. The van der Waals surface area contributed by atoms with Crippen LogP contribution in [-0.4, -0.2) is 16.7 Å². The summed E-state index contributed by atoms with van der Waals surface area (Å²) < 4.78 is 2.25. The number of aromatic nitrogens is 1. The molecule has 0 saturated heterocycles. The number of aromatic hydroxyl groups is 1. The first-order valence-corrected chi connectivity index (χ1v) is 7.40.